The molecule has 0 aliphatic carbocycles. The predicted molar refractivity (Wildman–Crippen MR) is 125 cm³/mol. The molecule has 1 aliphatic rings. The minimum absolute atomic E-state index is 0.207. The zero-order chi connectivity index (χ0) is 22.6. The predicted octanol–water partition coefficient (Wildman–Crippen LogP) is 2.09. The van der Waals surface area contributed by atoms with Crippen LogP contribution in [-0.4, -0.2) is 81.2 Å². The number of methoxy groups -OCH3 is 1. The van der Waals surface area contributed by atoms with Crippen LogP contribution in [0.25, 0.3) is 0 Å². The van der Waals surface area contributed by atoms with Gasteiger partial charge in [-0.25, -0.2) is 0 Å². The van der Waals surface area contributed by atoms with Crippen LogP contribution in [-0.2, 0) is 11.3 Å². The lowest BCUT2D eigenvalue weighted by Gasteiger charge is -2.20. The molecule has 0 radical (unpaired) electrons. The highest BCUT2D eigenvalue weighted by Crippen LogP contribution is 2.28. The van der Waals surface area contributed by atoms with E-state index in [4.69, 9.17) is 9.47 Å². The highest BCUT2D eigenvalue weighted by Gasteiger charge is 2.25. The summed E-state index contributed by atoms with van der Waals surface area (Å²) in [6.07, 6.45) is 1.48. The Morgan fingerprint density at radius 2 is 2.03 bits per heavy atom. The number of ether oxygens (including phenoxy) is 2. The molecule has 174 valence electrons. The Hall–Kier alpha value is -2.48. The maximum absolute atomic E-state index is 11.9. The van der Waals surface area contributed by atoms with Crippen molar-refractivity contribution in [1.29, 1.82) is 0 Å². The third-order valence-electron chi connectivity index (χ3n) is 5.66. The standard InChI is InChI=1S/C23H39N5O3/c1-6-22(29)28-12-11-19(17-28)26-23(24-4)25-16-18-9-10-20(21(15-18)30-5)31-14-13-27(7-2)8-3/h9-10,15,19H,6-8,11-14,16-17H2,1-5H3,(H2,24,25,26). The summed E-state index contributed by atoms with van der Waals surface area (Å²) in [5.74, 6) is 2.42. The van der Waals surface area contributed by atoms with E-state index in [1.807, 2.05) is 30.0 Å². The quantitative estimate of drug-likeness (QED) is 0.411. The number of carbonyl (C=O) groups excluding carboxylic acids is 1. The molecule has 1 fully saturated rings. The number of nitrogens with one attached hydrogen (secondary N) is 2. The SMILES string of the molecule is CCC(=O)N1CCC(NC(=NC)NCc2ccc(OCCN(CC)CC)c(OC)c2)C1. The van der Waals surface area contributed by atoms with E-state index in [0.717, 1.165) is 62.2 Å². The van der Waals surface area contributed by atoms with Crippen LogP contribution in [0.2, 0.25) is 0 Å². The van der Waals surface area contributed by atoms with Gasteiger partial charge in [0.1, 0.15) is 6.61 Å². The van der Waals surface area contributed by atoms with E-state index in [1.54, 1.807) is 14.2 Å². The molecule has 1 aliphatic heterocycles. The van der Waals surface area contributed by atoms with E-state index in [1.165, 1.54) is 0 Å². The van der Waals surface area contributed by atoms with Crippen LogP contribution in [0, 0.1) is 0 Å². The molecule has 0 spiro atoms. The molecular weight excluding hydrogens is 394 g/mol. The molecule has 1 aromatic carbocycles. The molecule has 1 heterocycles. The van der Waals surface area contributed by atoms with Gasteiger partial charge in [-0.2, -0.15) is 0 Å². The summed E-state index contributed by atoms with van der Waals surface area (Å²) in [5, 5.41) is 6.77. The van der Waals surface area contributed by atoms with E-state index in [9.17, 15) is 4.79 Å². The molecule has 1 atom stereocenters. The number of nitrogens with zero attached hydrogens (tertiary/aromatic N) is 3. The lowest BCUT2D eigenvalue weighted by atomic mass is 10.2. The van der Waals surface area contributed by atoms with Gasteiger partial charge in [0.25, 0.3) is 0 Å². The van der Waals surface area contributed by atoms with Crippen LogP contribution >= 0.6 is 0 Å². The minimum Gasteiger partial charge on any atom is -0.493 e. The number of guanidine groups is 1. The number of aliphatic imine (C=N–C) groups is 1. The smallest absolute Gasteiger partial charge is 0.222 e. The Kier molecular flexibility index (Phi) is 10.4. The second kappa shape index (κ2) is 13.0. The van der Waals surface area contributed by atoms with Crippen molar-refractivity contribution in [1.82, 2.24) is 20.4 Å². The van der Waals surface area contributed by atoms with Gasteiger partial charge >= 0.3 is 0 Å². The van der Waals surface area contributed by atoms with Crippen LogP contribution in [0.4, 0.5) is 0 Å². The number of hydrogen-bond donors (Lipinski definition) is 2. The molecule has 0 bridgehead atoms. The number of rotatable bonds is 11. The molecule has 1 saturated heterocycles. The molecule has 8 nitrogen and oxygen atoms in total. The highest BCUT2D eigenvalue weighted by atomic mass is 16.5. The van der Waals surface area contributed by atoms with Crippen molar-refractivity contribution in [3.63, 3.8) is 0 Å². The van der Waals surface area contributed by atoms with Crippen LogP contribution in [0.1, 0.15) is 39.2 Å². The highest BCUT2D eigenvalue weighted by molar-refractivity contribution is 5.80. The number of amides is 1. The molecule has 8 heteroatoms. The summed E-state index contributed by atoms with van der Waals surface area (Å²) in [4.78, 5) is 20.4. The molecular formula is C23H39N5O3. The van der Waals surface area contributed by atoms with Crippen molar-refractivity contribution in [3.8, 4) is 11.5 Å². The normalized spacial score (nSPS) is 16.5. The number of hydrogen-bond acceptors (Lipinski definition) is 5. The van der Waals surface area contributed by atoms with Crippen LogP contribution in [0.5, 0.6) is 11.5 Å². The van der Waals surface area contributed by atoms with E-state index in [2.05, 4.69) is 34.4 Å². The Labute approximate surface area is 187 Å². The van der Waals surface area contributed by atoms with E-state index >= 15 is 0 Å². The second-order valence-electron chi connectivity index (χ2n) is 7.61. The maximum atomic E-state index is 11.9. The van der Waals surface area contributed by atoms with Crippen molar-refractivity contribution < 1.29 is 14.3 Å². The summed E-state index contributed by atoms with van der Waals surface area (Å²) in [6.45, 7) is 11.9. The van der Waals surface area contributed by atoms with E-state index < -0.39 is 0 Å². The topological polar surface area (TPSA) is 78.4 Å². The maximum Gasteiger partial charge on any atom is 0.222 e. The van der Waals surface area contributed by atoms with Crippen LogP contribution < -0.4 is 20.1 Å². The molecule has 2 rings (SSSR count). The molecule has 1 amide bonds. The van der Waals surface area contributed by atoms with E-state index in [-0.39, 0.29) is 11.9 Å². The summed E-state index contributed by atoms with van der Waals surface area (Å²) < 4.78 is 11.5. The van der Waals surface area contributed by atoms with Crippen molar-refractivity contribution >= 4 is 11.9 Å². The Morgan fingerprint density at radius 1 is 1.26 bits per heavy atom. The second-order valence-corrected chi connectivity index (χ2v) is 7.61. The average molecular weight is 434 g/mol. The fourth-order valence-electron chi connectivity index (χ4n) is 3.67. The number of benzene rings is 1. The van der Waals surface area contributed by atoms with Gasteiger partial charge in [0.2, 0.25) is 5.91 Å². The minimum atomic E-state index is 0.207. The summed E-state index contributed by atoms with van der Waals surface area (Å²) in [7, 11) is 3.42. The number of likely N-dealkylation sites (tertiary alicyclic amines) is 1. The fraction of sp³-hybridized carbons (Fsp3) is 0.652. The first kappa shape index (κ1) is 24.8. The van der Waals surface area contributed by atoms with Gasteiger partial charge < -0.3 is 29.9 Å². The van der Waals surface area contributed by atoms with E-state index in [0.29, 0.717) is 19.6 Å². The largest absolute Gasteiger partial charge is 0.493 e. The third kappa shape index (κ3) is 7.61. The van der Waals surface area contributed by atoms with Gasteiger partial charge in [0.05, 0.1) is 7.11 Å². The summed E-state index contributed by atoms with van der Waals surface area (Å²) in [6, 6.07) is 6.20. The third-order valence-corrected chi connectivity index (χ3v) is 5.66. The Morgan fingerprint density at radius 3 is 2.68 bits per heavy atom. The molecule has 31 heavy (non-hydrogen) atoms. The molecule has 1 aromatic rings. The van der Waals surface area contributed by atoms with Gasteiger partial charge in [-0.15, -0.1) is 0 Å². The van der Waals surface area contributed by atoms with Gasteiger partial charge in [0, 0.05) is 45.7 Å². The lowest BCUT2D eigenvalue weighted by molar-refractivity contribution is -0.129. The first-order chi connectivity index (χ1) is 15.0. The van der Waals surface area contributed by atoms with Gasteiger partial charge in [0.15, 0.2) is 17.5 Å². The number of carbonyl (C=O) groups is 1. The molecule has 0 saturated carbocycles. The monoisotopic (exact) mass is 433 g/mol. The fourth-order valence-corrected chi connectivity index (χ4v) is 3.67. The average Bonchev–Trinajstić information content (AvgIpc) is 3.27. The van der Waals surface area contributed by atoms with Crippen molar-refractivity contribution in [2.45, 2.75) is 46.2 Å². The summed E-state index contributed by atoms with van der Waals surface area (Å²) >= 11 is 0. The van der Waals surface area contributed by atoms with Crippen molar-refractivity contribution in [2.24, 2.45) is 4.99 Å². The van der Waals surface area contributed by atoms with Crippen molar-refractivity contribution in [3.05, 3.63) is 23.8 Å². The molecule has 2 N–H and O–H groups in total. The van der Waals surface area contributed by atoms with Gasteiger partial charge in [-0.05, 0) is 37.2 Å². The zero-order valence-electron chi connectivity index (χ0n) is 19.7. The first-order valence-electron chi connectivity index (χ1n) is 11.3. The van der Waals surface area contributed by atoms with Crippen LogP contribution in [0.15, 0.2) is 23.2 Å². The Balaban J connectivity index is 1.85. The molecule has 0 aromatic heterocycles. The zero-order valence-corrected chi connectivity index (χ0v) is 19.7. The summed E-state index contributed by atoms with van der Waals surface area (Å²) in [5.41, 5.74) is 1.07. The van der Waals surface area contributed by atoms with Gasteiger partial charge in [-0.3, -0.25) is 9.79 Å². The van der Waals surface area contributed by atoms with Crippen molar-refractivity contribution in [2.75, 3.05) is 53.5 Å². The Bertz CT molecular complexity index is 721. The first-order valence-corrected chi connectivity index (χ1v) is 11.3. The lowest BCUT2D eigenvalue weighted by Crippen LogP contribution is -2.44. The molecule has 1 unspecified atom stereocenters. The van der Waals surface area contributed by atoms with Gasteiger partial charge in [-0.1, -0.05) is 26.8 Å². The number of likely N-dealkylation sites (N-methyl/N-ethyl adjacent to an activating group) is 1. The van der Waals surface area contributed by atoms with Crippen LogP contribution in [0.3, 0.4) is 0 Å².